The highest BCUT2D eigenvalue weighted by Gasteiger charge is 2.12. The smallest absolute Gasteiger partial charge is 0.105 e. The van der Waals surface area contributed by atoms with Gasteiger partial charge in [0.15, 0.2) is 0 Å². The van der Waals surface area contributed by atoms with Crippen LogP contribution in [0.5, 0.6) is 0 Å². The molecular weight excluding hydrogens is 232 g/mol. The zero-order chi connectivity index (χ0) is 13.2. The lowest BCUT2D eigenvalue weighted by Gasteiger charge is -2.14. The molecule has 0 unspecified atom stereocenters. The molecule has 0 aliphatic carbocycles. The molecule has 0 aliphatic rings. The van der Waals surface area contributed by atoms with Gasteiger partial charge in [0.25, 0.3) is 0 Å². The molecule has 0 bridgehead atoms. The van der Waals surface area contributed by atoms with E-state index in [1.54, 1.807) is 0 Å². The minimum Gasteiger partial charge on any atom is -0.384 e. The van der Waals surface area contributed by atoms with Crippen LogP contribution in [0.15, 0.2) is 66.7 Å². The fourth-order valence-electron chi connectivity index (χ4n) is 2.42. The standard InChI is InChI=1S/C18H16O/c1-13-9-11-15(12-10-13)18(19)17-8-4-6-14-5-2-3-7-16(14)17/h2-12,18-19H,1H3/t18-/m0/s1. The molecule has 3 aromatic carbocycles. The van der Waals surface area contributed by atoms with Crippen LogP contribution in [0.2, 0.25) is 0 Å². The maximum atomic E-state index is 10.6. The first kappa shape index (κ1) is 11.9. The van der Waals surface area contributed by atoms with Gasteiger partial charge in [0.05, 0.1) is 0 Å². The minimum atomic E-state index is -0.577. The van der Waals surface area contributed by atoms with Crippen molar-refractivity contribution in [3.63, 3.8) is 0 Å². The van der Waals surface area contributed by atoms with E-state index in [2.05, 4.69) is 18.2 Å². The maximum absolute atomic E-state index is 10.6. The Hall–Kier alpha value is -2.12. The molecule has 0 aliphatic heterocycles. The molecule has 94 valence electrons. The molecule has 0 fully saturated rings. The number of hydrogen-bond donors (Lipinski definition) is 1. The number of aliphatic hydroxyl groups excluding tert-OH is 1. The van der Waals surface area contributed by atoms with Crippen LogP contribution in [-0.4, -0.2) is 5.11 Å². The van der Waals surface area contributed by atoms with Crippen LogP contribution in [0, 0.1) is 6.92 Å². The van der Waals surface area contributed by atoms with Gasteiger partial charge in [0.2, 0.25) is 0 Å². The lowest BCUT2D eigenvalue weighted by molar-refractivity contribution is 0.222. The number of aryl methyl sites for hydroxylation is 1. The van der Waals surface area contributed by atoms with Crippen molar-refractivity contribution in [1.82, 2.24) is 0 Å². The molecule has 0 radical (unpaired) electrons. The fraction of sp³-hybridized carbons (Fsp3) is 0.111. The topological polar surface area (TPSA) is 20.2 Å². The number of hydrogen-bond acceptors (Lipinski definition) is 1. The van der Waals surface area contributed by atoms with Crippen molar-refractivity contribution < 1.29 is 5.11 Å². The molecule has 1 heteroatoms. The Morgan fingerprint density at radius 1 is 0.789 bits per heavy atom. The largest absolute Gasteiger partial charge is 0.384 e. The molecule has 0 amide bonds. The Labute approximate surface area is 113 Å². The van der Waals surface area contributed by atoms with Crippen molar-refractivity contribution in [2.24, 2.45) is 0 Å². The summed E-state index contributed by atoms with van der Waals surface area (Å²) in [7, 11) is 0. The van der Waals surface area contributed by atoms with Crippen LogP contribution in [0.4, 0.5) is 0 Å². The SMILES string of the molecule is Cc1ccc([C@H](O)c2cccc3ccccc23)cc1. The summed E-state index contributed by atoms with van der Waals surface area (Å²) >= 11 is 0. The number of benzene rings is 3. The van der Waals surface area contributed by atoms with Gasteiger partial charge < -0.3 is 5.11 Å². The summed E-state index contributed by atoms with van der Waals surface area (Å²) < 4.78 is 0. The van der Waals surface area contributed by atoms with Gasteiger partial charge in [-0.05, 0) is 28.8 Å². The van der Waals surface area contributed by atoms with Gasteiger partial charge in [-0.25, -0.2) is 0 Å². The molecule has 0 heterocycles. The van der Waals surface area contributed by atoms with Gasteiger partial charge in [-0.3, -0.25) is 0 Å². The van der Waals surface area contributed by atoms with Crippen molar-refractivity contribution in [2.45, 2.75) is 13.0 Å². The van der Waals surface area contributed by atoms with E-state index in [0.717, 1.165) is 21.9 Å². The third-order valence-corrected chi connectivity index (χ3v) is 3.51. The summed E-state index contributed by atoms with van der Waals surface area (Å²) in [6.45, 7) is 2.05. The molecule has 1 atom stereocenters. The van der Waals surface area contributed by atoms with Crippen LogP contribution in [0.1, 0.15) is 22.8 Å². The number of fused-ring (bicyclic) bond motifs is 1. The molecule has 19 heavy (non-hydrogen) atoms. The van der Waals surface area contributed by atoms with Crippen molar-refractivity contribution >= 4 is 10.8 Å². The normalized spacial score (nSPS) is 12.5. The molecule has 0 aromatic heterocycles. The molecule has 0 spiro atoms. The molecule has 0 saturated heterocycles. The van der Waals surface area contributed by atoms with Crippen molar-refractivity contribution in [2.75, 3.05) is 0 Å². The zero-order valence-electron chi connectivity index (χ0n) is 10.9. The van der Waals surface area contributed by atoms with Gasteiger partial charge in [0, 0.05) is 0 Å². The third-order valence-electron chi connectivity index (χ3n) is 3.51. The van der Waals surface area contributed by atoms with E-state index >= 15 is 0 Å². The van der Waals surface area contributed by atoms with Gasteiger partial charge in [-0.2, -0.15) is 0 Å². The van der Waals surface area contributed by atoms with Crippen LogP contribution < -0.4 is 0 Å². The van der Waals surface area contributed by atoms with Crippen LogP contribution in [0.3, 0.4) is 0 Å². The predicted molar refractivity (Wildman–Crippen MR) is 79.2 cm³/mol. The molecule has 3 aromatic rings. The van der Waals surface area contributed by atoms with Gasteiger partial charge >= 0.3 is 0 Å². The first-order valence-electron chi connectivity index (χ1n) is 6.48. The van der Waals surface area contributed by atoms with Crippen molar-refractivity contribution in [1.29, 1.82) is 0 Å². The molecule has 3 rings (SSSR count). The van der Waals surface area contributed by atoms with E-state index in [-0.39, 0.29) is 0 Å². The Bertz CT molecular complexity index is 693. The van der Waals surface area contributed by atoms with E-state index in [4.69, 9.17) is 0 Å². The Morgan fingerprint density at radius 3 is 2.26 bits per heavy atom. The molecule has 0 saturated carbocycles. The summed E-state index contributed by atoms with van der Waals surface area (Å²) in [5.74, 6) is 0. The Morgan fingerprint density at radius 2 is 1.47 bits per heavy atom. The number of aliphatic hydroxyl groups is 1. The van der Waals surface area contributed by atoms with Gasteiger partial charge in [-0.1, -0.05) is 72.3 Å². The second-order valence-electron chi connectivity index (χ2n) is 4.88. The molecule has 1 nitrogen and oxygen atoms in total. The lowest BCUT2D eigenvalue weighted by atomic mass is 9.95. The van der Waals surface area contributed by atoms with E-state index in [1.807, 2.05) is 55.5 Å². The highest BCUT2D eigenvalue weighted by atomic mass is 16.3. The monoisotopic (exact) mass is 248 g/mol. The lowest BCUT2D eigenvalue weighted by Crippen LogP contribution is -2.00. The average molecular weight is 248 g/mol. The molecular formula is C18H16O. The van der Waals surface area contributed by atoms with E-state index in [1.165, 1.54) is 5.56 Å². The Kier molecular flexibility index (Phi) is 3.06. The summed E-state index contributed by atoms with van der Waals surface area (Å²) in [5.41, 5.74) is 3.10. The van der Waals surface area contributed by atoms with Crippen molar-refractivity contribution in [3.8, 4) is 0 Å². The second-order valence-corrected chi connectivity index (χ2v) is 4.88. The Balaban J connectivity index is 2.11. The van der Waals surface area contributed by atoms with Crippen LogP contribution in [-0.2, 0) is 0 Å². The van der Waals surface area contributed by atoms with E-state index in [9.17, 15) is 5.11 Å². The van der Waals surface area contributed by atoms with E-state index < -0.39 is 6.10 Å². The zero-order valence-corrected chi connectivity index (χ0v) is 10.9. The maximum Gasteiger partial charge on any atom is 0.105 e. The van der Waals surface area contributed by atoms with Crippen LogP contribution >= 0.6 is 0 Å². The summed E-state index contributed by atoms with van der Waals surface area (Å²) in [4.78, 5) is 0. The predicted octanol–water partition coefficient (Wildman–Crippen LogP) is 4.23. The first-order valence-corrected chi connectivity index (χ1v) is 6.48. The third kappa shape index (κ3) is 2.25. The quantitative estimate of drug-likeness (QED) is 0.719. The highest BCUT2D eigenvalue weighted by Crippen LogP contribution is 2.28. The van der Waals surface area contributed by atoms with Crippen molar-refractivity contribution in [3.05, 3.63) is 83.4 Å². The highest BCUT2D eigenvalue weighted by molar-refractivity contribution is 5.86. The molecule has 1 N–H and O–H groups in total. The van der Waals surface area contributed by atoms with Gasteiger partial charge in [0.1, 0.15) is 6.10 Å². The summed E-state index contributed by atoms with van der Waals surface area (Å²) in [6, 6.07) is 22.3. The average Bonchev–Trinajstić information content (AvgIpc) is 2.47. The number of rotatable bonds is 2. The van der Waals surface area contributed by atoms with Gasteiger partial charge in [-0.15, -0.1) is 0 Å². The minimum absolute atomic E-state index is 0.577. The van der Waals surface area contributed by atoms with E-state index in [0.29, 0.717) is 0 Å². The summed E-state index contributed by atoms with van der Waals surface area (Å²) in [5, 5.41) is 12.8. The fourth-order valence-corrected chi connectivity index (χ4v) is 2.42. The first-order chi connectivity index (χ1) is 9.25. The second kappa shape index (κ2) is 4.87. The summed E-state index contributed by atoms with van der Waals surface area (Å²) in [6.07, 6.45) is -0.577. The van der Waals surface area contributed by atoms with Crippen LogP contribution in [0.25, 0.3) is 10.8 Å².